The quantitative estimate of drug-likeness (QED) is 0.928. The van der Waals surface area contributed by atoms with Gasteiger partial charge in [-0.05, 0) is 39.5 Å². The van der Waals surface area contributed by atoms with Crippen molar-refractivity contribution in [1.82, 2.24) is 9.78 Å². The molecule has 3 atom stereocenters. The third-order valence-corrected chi connectivity index (χ3v) is 4.42. The standard InChI is InChI=1S/C16H27N3O2/c1-10-7-6-8-14(9-10)21-13(4)16(20)17-15-11(2)12(3)18-19(15)5/h10,13-14H,6-9H2,1-5H3,(H,17,20)/t10-,13-,14-/m0/s1. The van der Waals surface area contributed by atoms with E-state index in [1.807, 2.05) is 27.8 Å². The van der Waals surface area contributed by atoms with Crippen molar-refractivity contribution in [3.8, 4) is 0 Å². The van der Waals surface area contributed by atoms with Gasteiger partial charge in [-0.3, -0.25) is 9.48 Å². The summed E-state index contributed by atoms with van der Waals surface area (Å²) in [7, 11) is 1.84. The molecule has 0 aromatic carbocycles. The molecule has 0 saturated heterocycles. The Labute approximate surface area is 127 Å². The molecule has 0 unspecified atom stereocenters. The Bertz CT molecular complexity index is 510. The molecule has 1 aliphatic carbocycles. The van der Waals surface area contributed by atoms with Gasteiger partial charge in [0, 0.05) is 12.6 Å². The predicted octanol–water partition coefficient (Wildman–Crippen LogP) is 2.96. The van der Waals surface area contributed by atoms with Gasteiger partial charge in [0.2, 0.25) is 0 Å². The van der Waals surface area contributed by atoms with Gasteiger partial charge < -0.3 is 10.1 Å². The van der Waals surface area contributed by atoms with Crippen LogP contribution in [0.1, 0.15) is 50.8 Å². The van der Waals surface area contributed by atoms with E-state index in [9.17, 15) is 4.79 Å². The highest BCUT2D eigenvalue weighted by Crippen LogP contribution is 2.26. The second-order valence-electron chi connectivity index (χ2n) is 6.34. The summed E-state index contributed by atoms with van der Waals surface area (Å²) in [4.78, 5) is 12.3. The van der Waals surface area contributed by atoms with Crippen LogP contribution in [0.25, 0.3) is 0 Å². The van der Waals surface area contributed by atoms with Crippen LogP contribution >= 0.6 is 0 Å². The molecule has 1 aromatic rings. The number of hydrogen-bond acceptors (Lipinski definition) is 3. The predicted molar refractivity (Wildman–Crippen MR) is 83.3 cm³/mol. The van der Waals surface area contributed by atoms with E-state index in [4.69, 9.17) is 4.74 Å². The van der Waals surface area contributed by atoms with Crippen molar-refractivity contribution < 1.29 is 9.53 Å². The molecule has 1 aromatic heterocycles. The van der Waals surface area contributed by atoms with Crippen LogP contribution in [-0.4, -0.2) is 27.9 Å². The van der Waals surface area contributed by atoms with Gasteiger partial charge in [-0.15, -0.1) is 0 Å². The molecule has 118 valence electrons. The third-order valence-electron chi connectivity index (χ3n) is 4.42. The normalized spacial score (nSPS) is 23.9. The van der Waals surface area contributed by atoms with Gasteiger partial charge in [0.1, 0.15) is 11.9 Å². The average molecular weight is 293 g/mol. The summed E-state index contributed by atoms with van der Waals surface area (Å²) >= 11 is 0. The maximum atomic E-state index is 12.3. The van der Waals surface area contributed by atoms with Crippen LogP contribution in [0.3, 0.4) is 0 Å². The van der Waals surface area contributed by atoms with Gasteiger partial charge in [0.15, 0.2) is 0 Å². The van der Waals surface area contributed by atoms with Gasteiger partial charge in [0.05, 0.1) is 11.8 Å². The molecule has 1 fully saturated rings. The number of nitrogens with one attached hydrogen (secondary N) is 1. The Balaban J connectivity index is 1.93. The molecule has 0 aliphatic heterocycles. The molecular formula is C16H27N3O2. The van der Waals surface area contributed by atoms with Crippen molar-refractivity contribution >= 4 is 11.7 Å². The molecule has 1 N–H and O–H groups in total. The molecule has 1 amide bonds. The summed E-state index contributed by atoms with van der Waals surface area (Å²) in [6.07, 6.45) is 4.36. The number of rotatable bonds is 4. The molecule has 2 rings (SSSR count). The summed E-state index contributed by atoms with van der Waals surface area (Å²) in [6, 6.07) is 0. The molecule has 21 heavy (non-hydrogen) atoms. The Morgan fingerprint density at radius 2 is 2.14 bits per heavy atom. The highest BCUT2D eigenvalue weighted by Gasteiger charge is 2.25. The topological polar surface area (TPSA) is 56.2 Å². The first-order valence-corrected chi connectivity index (χ1v) is 7.85. The highest BCUT2D eigenvalue weighted by molar-refractivity contribution is 5.93. The second kappa shape index (κ2) is 6.60. The van der Waals surface area contributed by atoms with E-state index >= 15 is 0 Å². The van der Waals surface area contributed by atoms with Crippen molar-refractivity contribution in [2.24, 2.45) is 13.0 Å². The fourth-order valence-electron chi connectivity index (χ4n) is 3.01. The van der Waals surface area contributed by atoms with Crippen LogP contribution in [0.15, 0.2) is 0 Å². The fourth-order valence-corrected chi connectivity index (χ4v) is 3.01. The Morgan fingerprint density at radius 3 is 2.71 bits per heavy atom. The SMILES string of the molecule is Cc1nn(C)c(NC(=O)[C@H](C)O[C@H]2CCC[C@H](C)C2)c1C. The minimum atomic E-state index is -0.435. The average Bonchev–Trinajstić information content (AvgIpc) is 2.65. The lowest BCUT2D eigenvalue weighted by Gasteiger charge is -2.29. The molecule has 5 heteroatoms. The zero-order valence-corrected chi connectivity index (χ0v) is 13.8. The minimum absolute atomic E-state index is 0.0978. The van der Waals surface area contributed by atoms with Crippen molar-refractivity contribution in [2.45, 2.75) is 65.6 Å². The second-order valence-corrected chi connectivity index (χ2v) is 6.34. The van der Waals surface area contributed by atoms with Crippen LogP contribution in [0.2, 0.25) is 0 Å². The van der Waals surface area contributed by atoms with Crippen LogP contribution in [0.4, 0.5) is 5.82 Å². The van der Waals surface area contributed by atoms with Gasteiger partial charge in [-0.25, -0.2) is 0 Å². The number of carbonyl (C=O) groups is 1. The summed E-state index contributed by atoms with van der Waals surface area (Å²) in [6.45, 7) is 7.98. The van der Waals surface area contributed by atoms with Crippen molar-refractivity contribution in [3.05, 3.63) is 11.3 Å². The van der Waals surface area contributed by atoms with Crippen LogP contribution in [-0.2, 0) is 16.6 Å². The zero-order chi connectivity index (χ0) is 15.6. The first-order chi connectivity index (χ1) is 9.88. The molecular weight excluding hydrogens is 266 g/mol. The first kappa shape index (κ1) is 16.0. The number of amides is 1. The fraction of sp³-hybridized carbons (Fsp3) is 0.750. The minimum Gasteiger partial charge on any atom is -0.365 e. The zero-order valence-electron chi connectivity index (χ0n) is 13.8. The lowest BCUT2D eigenvalue weighted by Crippen LogP contribution is -2.34. The van der Waals surface area contributed by atoms with Crippen molar-refractivity contribution in [2.75, 3.05) is 5.32 Å². The van der Waals surface area contributed by atoms with Crippen molar-refractivity contribution in [1.29, 1.82) is 0 Å². The molecule has 1 heterocycles. The van der Waals surface area contributed by atoms with E-state index in [2.05, 4.69) is 17.3 Å². The van der Waals surface area contributed by atoms with Gasteiger partial charge in [-0.2, -0.15) is 5.10 Å². The third kappa shape index (κ3) is 3.84. The lowest BCUT2D eigenvalue weighted by molar-refractivity contribution is -0.131. The number of nitrogens with zero attached hydrogens (tertiary/aromatic N) is 2. The van der Waals surface area contributed by atoms with Gasteiger partial charge in [-0.1, -0.05) is 19.8 Å². The summed E-state index contributed by atoms with van der Waals surface area (Å²) in [5, 5.41) is 7.25. The van der Waals surface area contributed by atoms with Crippen LogP contribution in [0, 0.1) is 19.8 Å². The number of anilines is 1. The molecule has 1 saturated carbocycles. The monoisotopic (exact) mass is 293 g/mol. The van der Waals surface area contributed by atoms with E-state index in [-0.39, 0.29) is 12.0 Å². The summed E-state index contributed by atoms with van der Waals surface area (Å²) in [5.74, 6) is 1.35. The maximum Gasteiger partial charge on any atom is 0.254 e. The summed E-state index contributed by atoms with van der Waals surface area (Å²) in [5.41, 5.74) is 1.94. The Morgan fingerprint density at radius 1 is 1.43 bits per heavy atom. The van der Waals surface area contributed by atoms with E-state index in [0.29, 0.717) is 5.92 Å². The largest absolute Gasteiger partial charge is 0.365 e. The van der Waals surface area contributed by atoms with Gasteiger partial charge >= 0.3 is 0 Å². The van der Waals surface area contributed by atoms with Crippen LogP contribution in [0.5, 0.6) is 0 Å². The van der Waals surface area contributed by atoms with Crippen molar-refractivity contribution in [3.63, 3.8) is 0 Å². The van der Waals surface area contributed by atoms with Gasteiger partial charge in [0.25, 0.3) is 5.91 Å². The Kier molecular flexibility index (Phi) is 5.04. The molecule has 0 bridgehead atoms. The molecule has 1 aliphatic rings. The maximum absolute atomic E-state index is 12.3. The smallest absolute Gasteiger partial charge is 0.254 e. The van der Waals surface area contributed by atoms with E-state index in [1.54, 1.807) is 4.68 Å². The van der Waals surface area contributed by atoms with E-state index < -0.39 is 6.10 Å². The highest BCUT2D eigenvalue weighted by atomic mass is 16.5. The molecule has 0 spiro atoms. The van der Waals surface area contributed by atoms with Crippen LogP contribution < -0.4 is 5.32 Å². The number of aromatic nitrogens is 2. The first-order valence-electron chi connectivity index (χ1n) is 7.85. The number of ether oxygens (including phenoxy) is 1. The molecule has 0 radical (unpaired) electrons. The Hall–Kier alpha value is -1.36. The van der Waals surface area contributed by atoms with E-state index in [0.717, 1.165) is 29.9 Å². The number of aryl methyl sites for hydroxylation is 2. The summed E-state index contributed by atoms with van der Waals surface area (Å²) < 4.78 is 7.65. The van der Waals surface area contributed by atoms with E-state index in [1.165, 1.54) is 12.8 Å². The molecule has 5 nitrogen and oxygen atoms in total. The number of carbonyl (C=O) groups excluding carboxylic acids is 1. The number of hydrogen-bond donors (Lipinski definition) is 1. The lowest BCUT2D eigenvalue weighted by atomic mass is 9.88.